The minimum Gasteiger partial charge on any atom is -0.507 e. The number of anilines is 2. The van der Waals surface area contributed by atoms with Gasteiger partial charge in [0.05, 0.1) is 27.0 Å². The quantitative estimate of drug-likeness (QED) is 0.0814. The second-order valence-electron chi connectivity index (χ2n) is 9.89. The number of carbonyl (C=O) groups excluding carboxylic acids is 1. The van der Waals surface area contributed by atoms with Gasteiger partial charge in [-0.05, 0) is 72.0 Å². The van der Waals surface area contributed by atoms with Gasteiger partial charge in [-0.2, -0.15) is 25.3 Å². The first kappa shape index (κ1) is 37.6. The van der Waals surface area contributed by atoms with E-state index in [4.69, 9.17) is 31.0 Å². The summed E-state index contributed by atoms with van der Waals surface area (Å²) >= 11 is 5.47. The largest absolute Gasteiger partial charge is 0.507 e. The zero-order valence-corrected chi connectivity index (χ0v) is 28.0. The van der Waals surface area contributed by atoms with Gasteiger partial charge in [-0.15, -0.1) is 11.6 Å². The van der Waals surface area contributed by atoms with Crippen LogP contribution in [-0.2, 0) is 45.9 Å². The van der Waals surface area contributed by atoms with Crippen molar-refractivity contribution in [1.82, 2.24) is 0 Å². The highest BCUT2D eigenvalue weighted by Crippen LogP contribution is 2.30. The molecule has 0 radical (unpaired) electrons. The molecule has 0 unspecified atom stereocenters. The Morgan fingerprint density at radius 2 is 1.36 bits per heavy atom. The third-order valence-electron chi connectivity index (χ3n) is 6.35. The van der Waals surface area contributed by atoms with E-state index in [1.54, 1.807) is 6.92 Å². The number of nitrogens with two attached hydrogens (primary N) is 1. The number of nitrogens with one attached hydrogen (secondary N) is 1. The molecule has 7 N–H and O–H groups in total. The number of fused-ring (bicyclic) bond motifs is 1. The Kier molecular flexibility index (Phi) is 11.3. The van der Waals surface area contributed by atoms with Gasteiger partial charge in [-0.3, -0.25) is 18.5 Å². The molecule has 0 aliphatic carbocycles. The van der Waals surface area contributed by atoms with Crippen LogP contribution in [0.15, 0.2) is 81.4 Å². The fraction of sp³-hybridized carbons (Fsp3) is 0.148. The normalized spacial score (nSPS) is 12.3. The monoisotopic (exact) mass is 750 g/mol. The van der Waals surface area contributed by atoms with E-state index in [0.29, 0.717) is 11.1 Å². The number of phenolic OH excluding ortho intramolecular Hbond substituents is 1. The van der Waals surface area contributed by atoms with Crippen molar-refractivity contribution < 1.29 is 57.2 Å². The van der Waals surface area contributed by atoms with Crippen LogP contribution in [0.4, 0.5) is 11.4 Å². The molecule has 0 saturated carbocycles. The van der Waals surface area contributed by atoms with E-state index in [2.05, 4.69) is 5.32 Å². The van der Waals surface area contributed by atoms with Crippen LogP contribution in [0.3, 0.4) is 0 Å². The SMILES string of the molecule is Cc1cc(S(=O)(=O)O)c(N)cc1NC(=O)c1ccc(CS(=O)(=O)CCCl)cc1.O=S(=O)(O)c1ccc2c(O)cc(S(=O)(=O)O)cc2c1. The number of amides is 1. The lowest BCUT2D eigenvalue weighted by Crippen LogP contribution is -2.14. The first-order chi connectivity index (χ1) is 21.5. The van der Waals surface area contributed by atoms with Crippen LogP contribution < -0.4 is 11.1 Å². The number of aryl methyl sites for hydroxylation is 1. The Balaban J connectivity index is 0.000000274. The van der Waals surface area contributed by atoms with Gasteiger partial charge in [0.1, 0.15) is 10.6 Å². The fourth-order valence-corrected chi connectivity index (χ4v) is 7.58. The number of nitrogen functional groups attached to an aromatic ring is 1. The number of carbonyl (C=O) groups is 1. The van der Waals surface area contributed by atoms with Crippen molar-refractivity contribution in [3.63, 3.8) is 0 Å². The third kappa shape index (κ3) is 10.1. The molecular weight excluding hydrogens is 724 g/mol. The lowest BCUT2D eigenvalue weighted by atomic mass is 10.1. The van der Waals surface area contributed by atoms with Gasteiger partial charge in [0.25, 0.3) is 36.3 Å². The average Bonchev–Trinajstić information content (AvgIpc) is 2.93. The fourth-order valence-electron chi connectivity index (χ4n) is 4.06. The minimum atomic E-state index is -4.54. The molecule has 254 valence electrons. The molecule has 20 heteroatoms. The molecule has 0 bridgehead atoms. The first-order valence-electron chi connectivity index (χ1n) is 12.8. The van der Waals surface area contributed by atoms with Crippen LogP contribution in [0.1, 0.15) is 21.5 Å². The van der Waals surface area contributed by atoms with Crippen LogP contribution in [0, 0.1) is 6.92 Å². The highest BCUT2D eigenvalue weighted by molar-refractivity contribution is 7.90. The minimum absolute atomic E-state index is 0.0156. The number of hydrogen-bond donors (Lipinski definition) is 6. The summed E-state index contributed by atoms with van der Waals surface area (Å²) in [6.45, 7) is 1.55. The van der Waals surface area contributed by atoms with Crippen molar-refractivity contribution in [3.05, 3.63) is 83.4 Å². The number of aromatic hydroxyl groups is 1. The van der Waals surface area contributed by atoms with Crippen LogP contribution in [0.25, 0.3) is 10.8 Å². The summed E-state index contributed by atoms with van der Waals surface area (Å²) in [7, 11) is -16.8. The van der Waals surface area contributed by atoms with E-state index in [1.165, 1.54) is 36.4 Å². The number of halogens is 1. The maximum absolute atomic E-state index is 12.4. The summed E-state index contributed by atoms with van der Waals surface area (Å²) in [5, 5.41) is 12.4. The van der Waals surface area contributed by atoms with E-state index < -0.39 is 66.5 Å². The van der Waals surface area contributed by atoms with Gasteiger partial charge in [0, 0.05) is 28.6 Å². The van der Waals surface area contributed by atoms with Crippen molar-refractivity contribution in [2.24, 2.45) is 0 Å². The Labute approximate surface area is 275 Å². The van der Waals surface area contributed by atoms with E-state index in [1.807, 2.05) is 0 Å². The maximum atomic E-state index is 12.4. The molecule has 4 aromatic rings. The van der Waals surface area contributed by atoms with Crippen molar-refractivity contribution in [2.75, 3.05) is 22.7 Å². The molecule has 0 aliphatic heterocycles. The van der Waals surface area contributed by atoms with Gasteiger partial charge in [-0.1, -0.05) is 12.1 Å². The molecule has 0 atom stereocenters. The number of hydrogen-bond acceptors (Lipinski definition) is 11. The zero-order valence-electron chi connectivity index (χ0n) is 24.0. The predicted octanol–water partition coefficient (Wildman–Crippen LogP) is 3.27. The standard InChI is InChI=1S/C17H19ClN2O6S2.C10H8O7S2/c1-11-8-16(28(24,25)26)14(19)9-15(11)20-17(21)13-4-2-12(3-5-13)10-27(22,23)7-6-18;11-10-5-8(19(15,16)17)4-6-3-7(18(12,13)14)1-2-9(6)10/h2-5,8-9H,6-7,10,19H2,1H3,(H,20,21)(H,24,25,26);1-5,11H,(H,12,13,14)(H,15,16,17). The number of sulfone groups is 1. The second-order valence-corrected chi connectivity index (χ2v) is 16.7. The first-order valence-corrected chi connectivity index (χ1v) is 19.5. The highest BCUT2D eigenvalue weighted by Gasteiger charge is 2.19. The molecule has 0 fully saturated rings. The van der Waals surface area contributed by atoms with Gasteiger partial charge < -0.3 is 16.2 Å². The number of phenols is 1. The van der Waals surface area contributed by atoms with Crippen molar-refractivity contribution in [3.8, 4) is 5.75 Å². The van der Waals surface area contributed by atoms with Crippen LogP contribution >= 0.6 is 11.6 Å². The molecule has 4 aromatic carbocycles. The zero-order chi connectivity index (χ0) is 35.5. The van der Waals surface area contributed by atoms with Gasteiger partial charge in [-0.25, -0.2) is 8.42 Å². The topological polar surface area (TPSA) is 273 Å². The Morgan fingerprint density at radius 3 is 1.89 bits per heavy atom. The average molecular weight is 751 g/mol. The highest BCUT2D eigenvalue weighted by atomic mass is 35.5. The molecular formula is C27H27ClN2O13S4. The summed E-state index contributed by atoms with van der Waals surface area (Å²) in [5.41, 5.74) is 6.90. The Hall–Kier alpha value is -3.82. The van der Waals surface area contributed by atoms with Crippen molar-refractivity contribution in [1.29, 1.82) is 0 Å². The Morgan fingerprint density at radius 1 is 0.787 bits per heavy atom. The Bertz CT molecular complexity index is 2290. The smallest absolute Gasteiger partial charge is 0.296 e. The summed E-state index contributed by atoms with van der Waals surface area (Å²) < 4.78 is 117. The molecule has 0 saturated heterocycles. The molecule has 0 aromatic heterocycles. The summed E-state index contributed by atoms with van der Waals surface area (Å²) in [6, 6.07) is 13.5. The van der Waals surface area contributed by atoms with E-state index in [-0.39, 0.29) is 45.1 Å². The number of alkyl halides is 1. The lowest BCUT2D eigenvalue weighted by Gasteiger charge is -2.12. The maximum Gasteiger partial charge on any atom is 0.296 e. The van der Waals surface area contributed by atoms with Crippen LogP contribution in [0.2, 0.25) is 0 Å². The lowest BCUT2D eigenvalue weighted by molar-refractivity contribution is 0.102. The molecule has 4 rings (SSSR count). The third-order valence-corrected chi connectivity index (χ3v) is 10.9. The van der Waals surface area contributed by atoms with E-state index in [9.17, 15) is 43.6 Å². The molecule has 0 heterocycles. The van der Waals surface area contributed by atoms with E-state index >= 15 is 0 Å². The molecule has 47 heavy (non-hydrogen) atoms. The number of benzene rings is 4. The predicted molar refractivity (Wildman–Crippen MR) is 173 cm³/mol. The molecule has 0 aliphatic rings. The van der Waals surface area contributed by atoms with Crippen LogP contribution in [0.5, 0.6) is 5.75 Å². The summed E-state index contributed by atoms with van der Waals surface area (Å²) in [4.78, 5) is 10.9. The molecule has 1 amide bonds. The number of rotatable bonds is 9. The summed E-state index contributed by atoms with van der Waals surface area (Å²) in [5.74, 6) is -1.21. The van der Waals surface area contributed by atoms with E-state index in [0.717, 1.165) is 30.3 Å². The van der Waals surface area contributed by atoms with Gasteiger partial charge in [0.15, 0.2) is 9.84 Å². The van der Waals surface area contributed by atoms with Crippen molar-refractivity contribution >= 4 is 79.8 Å². The molecule has 15 nitrogen and oxygen atoms in total. The summed E-state index contributed by atoms with van der Waals surface area (Å²) in [6.07, 6.45) is 0. The van der Waals surface area contributed by atoms with Crippen LogP contribution in [-0.4, -0.2) is 70.0 Å². The van der Waals surface area contributed by atoms with Crippen molar-refractivity contribution in [2.45, 2.75) is 27.4 Å². The second kappa shape index (κ2) is 14.1. The van der Waals surface area contributed by atoms with Gasteiger partial charge >= 0.3 is 0 Å². The van der Waals surface area contributed by atoms with Gasteiger partial charge in [0.2, 0.25) is 0 Å². The molecule has 0 spiro atoms.